The molecule has 1 amide bonds. The number of carbonyl (C=O) groups is 1. The minimum absolute atomic E-state index is 0.0884. The molecule has 0 bridgehead atoms. The van der Waals surface area contributed by atoms with Crippen LogP contribution in [0.3, 0.4) is 0 Å². The van der Waals surface area contributed by atoms with Gasteiger partial charge in [-0.1, -0.05) is 29.2 Å². The second kappa shape index (κ2) is 7.90. The van der Waals surface area contributed by atoms with Crippen LogP contribution in [0, 0.1) is 0 Å². The van der Waals surface area contributed by atoms with Crippen molar-refractivity contribution in [3.05, 3.63) is 45.7 Å². The molecule has 7 nitrogen and oxygen atoms in total. The van der Waals surface area contributed by atoms with Gasteiger partial charge in [-0.3, -0.25) is 4.90 Å². The molecule has 2 aromatic rings. The lowest BCUT2D eigenvalue weighted by atomic mass is 9.92. The number of fused-ring (bicyclic) bond motifs is 1. The third-order valence-electron chi connectivity index (χ3n) is 5.24. The Hall–Kier alpha value is -1.62. The molecule has 1 aromatic heterocycles. The Morgan fingerprint density at radius 3 is 2.66 bits per heavy atom. The average molecular weight is 499 g/mol. The molecule has 1 saturated heterocycles. The first kappa shape index (κ1) is 20.6. The van der Waals surface area contributed by atoms with E-state index in [1.54, 1.807) is 4.90 Å². The first-order valence-corrected chi connectivity index (χ1v) is 11.7. The quantitative estimate of drug-likeness (QED) is 0.478. The molecular weight excluding hydrogens is 480 g/mol. The molecule has 3 heterocycles. The van der Waals surface area contributed by atoms with Gasteiger partial charge in [0.25, 0.3) is 0 Å². The van der Waals surface area contributed by atoms with Crippen molar-refractivity contribution in [2.45, 2.75) is 30.4 Å². The zero-order chi connectivity index (χ0) is 20.8. The number of amides is 1. The van der Waals surface area contributed by atoms with Crippen LogP contribution in [0.4, 0.5) is 10.5 Å². The number of hydrogen-bond donors (Lipinski definition) is 0. The van der Waals surface area contributed by atoms with Gasteiger partial charge in [0.2, 0.25) is 10.0 Å². The number of pyridine rings is 1. The summed E-state index contributed by atoms with van der Waals surface area (Å²) in [5.41, 5.74) is 2.92. The van der Waals surface area contributed by atoms with E-state index in [2.05, 4.69) is 20.9 Å². The Balaban J connectivity index is 1.52. The van der Waals surface area contributed by atoms with Crippen molar-refractivity contribution in [2.75, 3.05) is 18.0 Å². The maximum absolute atomic E-state index is 13.0. The summed E-state index contributed by atoms with van der Waals surface area (Å²) in [5, 5.41) is 0.208. The maximum atomic E-state index is 13.0. The Labute approximate surface area is 183 Å². The van der Waals surface area contributed by atoms with E-state index in [0.29, 0.717) is 30.4 Å². The van der Waals surface area contributed by atoms with Gasteiger partial charge in [-0.05, 0) is 40.9 Å². The van der Waals surface area contributed by atoms with Crippen molar-refractivity contribution in [3.63, 3.8) is 0 Å². The SMILES string of the molecule is Bc1ccc2c(c1)COC(=O)N2C1CCN(S(=O)(=O)c2cnc(Cl)c(Br)c2)CC1. The molecule has 29 heavy (non-hydrogen) atoms. The van der Waals surface area contributed by atoms with Crippen LogP contribution in [0.2, 0.25) is 5.15 Å². The number of carbonyl (C=O) groups excluding carboxylic acids is 1. The predicted octanol–water partition coefficient (Wildman–Crippen LogP) is 2.07. The second-order valence-corrected chi connectivity index (χ2v) is 10.3. The van der Waals surface area contributed by atoms with Gasteiger partial charge in [-0.15, -0.1) is 0 Å². The van der Waals surface area contributed by atoms with E-state index in [1.165, 1.54) is 16.6 Å². The smallest absolute Gasteiger partial charge is 0.414 e. The number of nitrogens with zero attached hydrogens (tertiary/aromatic N) is 3. The van der Waals surface area contributed by atoms with Gasteiger partial charge in [0.05, 0.1) is 10.2 Å². The normalized spacial score (nSPS) is 18.4. The zero-order valence-electron chi connectivity index (χ0n) is 15.6. The Morgan fingerprint density at radius 2 is 1.97 bits per heavy atom. The van der Waals surface area contributed by atoms with E-state index in [0.717, 1.165) is 16.7 Å². The van der Waals surface area contributed by atoms with Crippen molar-refractivity contribution in [1.29, 1.82) is 0 Å². The lowest BCUT2D eigenvalue weighted by Crippen LogP contribution is -2.50. The van der Waals surface area contributed by atoms with Crippen LogP contribution in [-0.2, 0) is 21.4 Å². The molecule has 2 aliphatic rings. The van der Waals surface area contributed by atoms with Gasteiger partial charge in [-0.2, -0.15) is 4.31 Å². The Bertz CT molecular complexity index is 1080. The standard InChI is InChI=1S/C18H18BBrClN3O4S/c19-12-1-2-16-11(7-12)10-28-18(25)24(16)13-3-5-23(6-4-13)29(26,27)14-8-15(20)17(21)22-9-14/h1-2,7-9,13H,3-6,10,19H2. The van der Waals surface area contributed by atoms with Crippen molar-refractivity contribution in [1.82, 2.24) is 9.29 Å². The summed E-state index contributed by atoms with van der Waals surface area (Å²) in [6.07, 6.45) is 1.91. The van der Waals surface area contributed by atoms with Gasteiger partial charge < -0.3 is 4.74 Å². The Kier molecular flexibility index (Phi) is 5.63. The molecule has 11 heteroatoms. The van der Waals surface area contributed by atoms with E-state index in [-0.39, 0.29) is 28.8 Å². The first-order valence-electron chi connectivity index (χ1n) is 9.14. The Morgan fingerprint density at radius 1 is 1.24 bits per heavy atom. The molecular formula is C18H18BBrClN3O4S. The first-order chi connectivity index (χ1) is 13.8. The second-order valence-electron chi connectivity index (χ2n) is 7.14. The zero-order valence-corrected chi connectivity index (χ0v) is 18.8. The van der Waals surface area contributed by atoms with E-state index in [4.69, 9.17) is 16.3 Å². The number of ether oxygens (including phenoxy) is 1. The number of rotatable bonds is 3. The monoisotopic (exact) mass is 497 g/mol. The molecule has 0 radical (unpaired) electrons. The molecule has 0 spiro atoms. The fraction of sp³-hybridized carbons (Fsp3) is 0.333. The van der Waals surface area contributed by atoms with Gasteiger partial charge >= 0.3 is 6.09 Å². The number of halogens is 2. The molecule has 1 aromatic carbocycles. The molecule has 152 valence electrons. The van der Waals surface area contributed by atoms with Crippen LogP contribution < -0.4 is 10.4 Å². The summed E-state index contributed by atoms with van der Waals surface area (Å²) in [6.45, 7) is 0.869. The van der Waals surface area contributed by atoms with Crippen LogP contribution >= 0.6 is 27.5 Å². The number of benzene rings is 1. The van der Waals surface area contributed by atoms with E-state index in [9.17, 15) is 13.2 Å². The largest absolute Gasteiger partial charge is 0.444 e. The third kappa shape index (κ3) is 3.91. The lowest BCUT2D eigenvalue weighted by Gasteiger charge is -2.39. The van der Waals surface area contributed by atoms with E-state index < -0.39 is 10.0 Å². The minimum Gasteiger partial charge on any atom is -0.444 e. The molecule has 1 fully saturated rings. The molecule has 4 rings (SSSR count). The summed E-state index contributed by atoms with van der Waals surface area (Å²) < 4.78 is 33.1. The highest BCUT2D eigenvalue weighted by molar-refractivity contribution is 9.10. The van der Waals surface area contributed by atoms with Crippen LogP contribution in [0.25, 0.3) is 0 Å². The molecule has 0 aliphatic carbocycles. The molecule has 2 aliphatic heterocycles. The third-order valence-corrected chi connectivity index (χ3v) is 8.24. The van der Waals surface area contributed by atoms with Crippen LogP contribution in [-0.4, -0.2) is 50.8 Å². The summed E-state index contributed by atoms with van der Waals surface area (Å²) in [6, 6.07) is 7.25. The van der Waals surface area contributed by atoms with Crippen LogP contribution in [0.15, 0.2) is 39.8 Å². The minimum atomic E-state index is -3.69. The van der Waals surface area contributed by atoms with E-state index >= 15 is 0 Å². The van der Waals surface area contributed by atoms with Crippen molar-refractivity contribution in [2.24, 2.45) is 0 Å². The van der Waals surface area contributed by atoms with Crippen molar-refractivity contribution < 1.29 is 17.9 Å². The maximum Gasteiger partial charge on any atom is 0.414 e. The van der Waals surface area contributed by atoms with E-state index in [1.807, 2.05) is 26.0 Å². The lowest BCUT2D eigenvalue weighted by molar-refractivity contribution is 0.136. The van der Waals surface area contributed by atoms with Gasteiger partial charge in [0, 0.05) is 30.9 Å². The van der Waals surface area contributed by atoms with Crippen LogP contribution in [0.5, 0.6) is 0 Å². The summed E-state index contributed by atoms with van der Waals surface area (Å²) in [4.78, 5) is 18.1. The summed E-state index contributed by atoms with van der Waals surface area (Å²) in [5.74, 6) is 0. The highest BCUT2D eigenvalue weighted by Gasteiger charge is 2.37. The molecule has 0 N–H and O–H groups in total. The summed E-state index contributed by atoms with van der Waals surface area (Å²) >= 11 is 9.09. The number of aromatic nitrogens is 1. The molecule has 0 saturated carbocycles. The number of piperidine rings is 1. The topological polar surface area (TPSA) is 79.8 Å². The fourth-order valence-corrected chi connectivity index (χ4v) is 5.80. The average Bonchev–Trinajstić information content (AvgIpc) is 2.70. The number of anilines is 1. The van der Waals surface area contributed by atoms with Gasteiger partial charge in [0.1, 0.15) is 24.5 Å². The predicted molar refractivity (Wildman–Crippen MR) is 116 cm³/mol. The number of hydrogen-bond acceptors (Lipinski definition) is 5. The van der Waals surface area contributed by atoms with Gasteiger partial charge in [0.15, 0.2) is 0 Å². The number of cyclic esters (lactones) is 1. The van der Waals surface area contributed by atoms with Gasteiger partial charge in [-0.25, -0.2) is 18.2 Å². The fourth-order valence-electron chi connectivity index (χ4n) is 3.75. The highest BCUT2D eigenvalue weighted by Crippen LogP contribution is 2.33. The van der Waals surface area contributed by atoms with Crippen molar-refractivity contribution >= 4 is 62.6 Å². The highest BCUT2D eigenvalue weighted by atomic mass is 79.9. The summed E-state index contributed by atoms with van der Waals surface area (Å²) in [7, 11) is -1.69. The molecule has 0 atom stereocenters. The number of sulfonamides is 1. The van der Waals surface area contributed by atoms with Crippen molar-refractivity contribution in [3.8, 4) is 0 Å². The molecule has 0 unspecified atom stereocenters. The van der Waals surface area contributed by atoms with Crippen LogP contribution in [0.1, 0.15) is 18.4 Å².